The van der Waals surface area contributed by atoms with Crippen LogP contribution in [-0.4, -0.2) is 56.0 Å². The molecular weight excluding hydrogens is 172 g/mol. The maximum atomic E-state index is 10.8. The van der Waals surface area contributed by atoms with Crippen molar-refractivity contribution in [3.63, 3.8) is 0 Å². The number of nitrogens with one attached hydrogen (secondary N) is 1. The SMILES string of the molecule is CCN(C)CCNC(=O)OCCO. The number of likely N-dealkylation sites (N-methyl/N-ethyl adjacent to an activating group) is 1. The first-order valence-electron chi connectivity index (χ1n) is 4.40. The molecule has 0 atom stereocenters. The topological polar surface area (TPSA) is 61.8 Å². The van der Waals surface area contributed by atoms with Gasteiger partial charge in [-0.1, -0.05) is 6.92 Å². The maximum Gasteiger partial charge on any atom is 0.407 e. The van der Waals surface area contributed by atoms with Gasteiger partial charge in [-0.2, -0.15) is 0 Å². The summed E-state index contributed by atoms with van der Waals surface area (Å²) in [6, 6.07) is 0. The van der Waals surface area contributed by atoms with Crippen LogP contribution in [0.5, 0.6) is 0 Å². The molecule has 0 radical (unpaired) electrons. The summed E-state index contributed by atoms with van der Waals surface area (Å²) in [6.45, 7) is 4.27. The highest BCUT2D eigenvalue weighted by Crippen LogP contribution is 1.80. The molecule has 0 aliphatic rings. The van der Waals surface area contributed by atoms with E-state index >= 15 is 0 Å². The lowest BCUT2D eigenvalue weighted by Crippen LogP contribution is -2.33. The van der Waals surface area contributed by atoms with E-state index in [2.05, 4.69) is 15.0 Å². The Morgan fingerprint density at radius 2 is 2.31 bits per heavy atom. The third kappa shape index (κ3) is 7.55. The average Bonchev–Trinajstić information content (AvgIpc) is 2.14. The fraction of sp³-hybridized carbons (Fsp3) is 0.875. The van der Waals surface area contributed by atoms with Crippen LogP contribution in [0.1, 0.15) is 6.92 Å². The van der Waals surface area contributed by atoms with E-state index in [4.69, 9.17) is 5.11 Å². The molecule has 5 heteroatoms. The Morgan fingerprint density at radius 1 is 1.62 bits per heavy atom. The molecule has 0 aromatic carbocycles. The monoisotopic (exact) mass is 190 g/mol. The summed E-state index contributed by atoms with van der Waals surface area (Å²) in [5.41, 5.74) is 0. The van der Waals surface area contributed by atoms with Crippen molar-refractivity contribution in [1.29, 1.82) is 0 Å². The number of alkyl carbamates (subject to hydrolysis) is 1. The average molecular weight is 190 g/mol. The number of hydrogen-bond donors (Lipinski definition) is 2. The zero-order chi connectivity index (χ0) is 10.1. The van der Waals surface area contributed by atoms with Crippen molar-refractivity contribution in [2.24, 2.45) is 0 Å². The molecule has 0 bridgehead atoms. The van der Waals surface area contributed by atoms with Gasteiger partial charge in [0.15, 0.2) is 0 Å². The lowest BCUT2D eigenvalue weighted by molar-refractivity contribution is 0.118. The van der Waals surface area contributed by atoms with Crippen molar-refractivity contribution >= 4 is 6.09 Å². The van der Waals surface area contributed by atoms with E-state index in [1.54, 1.807) is 0 Å². The number of amides is 1. The molecule has 0 saturated heterocycles. The van der Waals surface area contributed by atoms with Gasteiger partial charge in [-0.25, -0.2) is 4.79 Å². The number of carbonyl (C=O) groups is 1. The molecule has 0 unspecified atom stereocenters. The second-order valence-corrected chi connectivity index (χ2v) is 2.68. The van der Waals surface area contributed by atoms with Crippen LogP contribution in [0.4, 0.5) is 4.79 Å². The zero-order valence-electron chi connectivity index (χ0n) is 8.25. The highest BCUT2D eigenvalue weighted by Gasteiger charge is 2.00. The minimum absolute atomic E-state index is 0.0510. The molecule has 0 heterocycles. The largest absolute Gasteiger partial charge is 0.447 e. The second-order valence-electron chi connectivity index (χ2n) is 2.68. The Morgan fingerprint density at radius 3 is 2.85 bits per heavy atom. The molecule has 5 nitrogen and oxygen atoms in total. The Hall–Kier alpha value is -0.810. The van der Waals surface area contributed by atoms with Crippen LogP contribution >= 0.6 is 0 Å². The maximum absolute atomic E-state index is 10.8. The molecular formula is C8H18N2O3. The van der Waals surface area contributed by atoms with Crippen LogP contribution in [0, 0.1) is 0 Å². The molecule has 78 valence electrons. The van der Waals surface area contributed by atoms with E-state index in [9.17, 15) is 4.79 Å². The summed E-state index contributed by atoms with van der Waals surface area (Å²) in [5, 5.41) is 10.9. The third-order valence-electron chi connectivity index (χ3n) is 1.63. The summed E-state index contributed by atoms with van der Waals surface area (Å²) in [5.74, 6) is 0. The predicted molar refractivity (Wildman–Crippen MR) is 49.6 cm³/mol. The summed E-state index contributed by atoms with van der Waals surface area (Å²) in [7, 11) is 1.97. The lowest BCUT2D eigenvalue weighted by atomic mass is 10.5. The fourth-order valence-corrected chi connectivity index (χ4v) is 0.696. The number of hydrogen-bond acceptors (Lipinski definition) is 4. The minimum Gasteiger partial charge on any atom is -0.447 e. The molecule has 0 spiro atoms. The minimum atomic E-state index is -0.474. The highest BCUT2D eigenvalue weighted by molar-refractivity contribution is 5.67. The number of carbonyl (C=O) groups excluding carboxylic acids is 1. The van der Waals surface area contributed by atoms with Gasteiger partial charge in [0, 0.05) is 13.1 Å². The first-order valence-corrected chi connectivity index (χ1v) is 4.40. The van der Waals surface area contributed by atoms with Gasteiger partial charge in [-0.05, 0) is 13.6 Å². The van der Waals surface area contributed by atoms with Crippen LogP contribution in [0.3, 0.4) is 0 Å². The Balaban J connectivity index is 3.26. The molecule has 0 aliphatic heterocycles. The first-order chi connectivity index (χ1) is 6.20. The van der Waals surface area contributed by atoms with E-state index in [1.165, 1.54) is 0 Å². The van der Waals surface area contributed by atoms with Gasteiger partial charge >= 0.3 is 6.09 Å². The third-order valence-corrected chi connectivity index (χ3v) is 1.63. The number of ether oxygens (including phenoxy) is 1. The number of aliphatic hydroxyl groups excluding tert-OH is 1. The van der Waals surface area contributed by atoms with E-state index in [-0.39, 0.29) is 13.2 Å². The smallest absolute Gasteiger partial charge is 0.407 e. The van der Waals surface area contributed by atoms with Crippen molar-refractivity contribution in [3.05, 3.63) is 0 Å². The van der Waals surface area contributed by atoms with Gasteiger partial charge < -0.3 is 20.1 Å². The summed E-state index contributed by atoms with van der Waals surface area (Å²) in [6.07, 6.45) is -0.474. The van der Waals surface area contributed by atoms with Gasteiger partial charge in [0.05, 0.1) is 6.61 Å². The van der Waals surface area contributed by atoms with Crippen LogP contribution in [0.2, 0.25) is 0 Å². The molecule has 0 aromatic rings. The van der Waals surface area contributed by atoms with E-state index in [1.807, 2.05) is 14.0 Å². The second kappa shape index (κ2) is 7.82. The molecule has 1 amide bonds. The standard InChI is InChI=1S/C8H18N2O3/c1-3-10(2)5-4-9-8(12)13-7-6-11/h11H,3-7H2,1-2H3,(H,9,12). The van der Waals surface area contributed by atoms with Crippen LogP contribution in [0.25, 0.3) is 0 Å². The van der Waals surface area contributed by atoms with E-state index < -0.39 is 6.09 Å². The quantitative estimate of drug-likeness (QED) is 0.601. The Labute approximate surface area is 78.7 Å². The van der Waals surface area contributed by atoms with Crippen LogP contribution in [0.15, 0.2) is 0 Å². The number of rotatable bonds is 6. The van der Waals surface area contributed by atoms with Gasteiger partial charge in [0.25, 0.3) is 0 Å². The number of nitrogens with zero attached hydrogens (tertiary/aromatic N) is 1. The van der Waals surface area contributed by atoms with Gasteiger partial charge in [-0.3, -0.25) is 0 Å². The van der Waals surface area contributed by atoms with E-state index in [0.717, 1.165) is 13.1 Å². The molecule has 0 aromatic heterocycles. The predicted octanol–water partition coefficient (Wildman–Crippen LogP) is -0.343. The zero-order valence-corrected chi connectivity index (χ0v) is 8.25. The molecule has 0 fully saturated rings. The molecule has 13 heavy (non-hydrogen) atoms. The van der Waals surface area contributed by atoms with Crippen LogP contribution < -0.4 is 5.32 Å². The first kappa shape index (κ1) is 12.2. The highest BCUT2D eigenvalue weighted by atomic mass is 16.6. The van der Waals surface area contributed by atoms with Gasteiger partial charge in [0.1, 0.15) is 6.61 Å². The molecule has 0 saturated carbocycles. The van der Waals surface area contributed by atoms with E-state index in [0.29, 0.717) is 6.54 Å². The fourth-order valence-electron chi connectivity index (χ4n) is 0.696. The molecule has 0 aliphatic carbocycles. The van der Waals surface area contributed by atoms with Crippen LogP contribution in [-0.2, 0) is 4.74 Å². The summed E-state index contributed by atoms with van der Waals surface area (Å²) < 4.78 is 4.59. The van der Waals surface area contributed by atoms with Gasteiger partial charge in [0.2, 0.25) is 0 Å². The summed E-state index contributed by atoms with van der Waals surface area (Å²) in [4.78, 5) is 12.9. The summed E-state index contributed by atoms with van der Waals surface area (Å²) >= 11 is 0. The Kier molecular flexibility index (Phi) is 7.33. The Bertz CT molecular complexity index is 141. The number of aliphatic hydroxyl groups is 1. The lowest BCUT2D eigenvalue weighted by Gasteiger charge is -2.13. The van der Waals surface area contributed by atoms with Crippen molar-refractivity contribution in [2.75, 3.05) is 39.9 Å². The van der Waals surface area contributed by atoms with Crippen molar-refractivity contribution in [3.8, 4) is 0 Å². The van der Waals surface area contributed by atoms with Crippen molar-refractivity contribution < 1.29 is 14.6 Å². The van der Waals surface area contributed by atoms with Gasteiger partial charge in [-0.15, -0.1) is 0 Å². The van der Waals surface area contributed by atoms with Crippen molar-refractivity contribution in [1.82, 2.24) is 10.2 Å². The molecule has 2 N–H and O–H groups in total. The molecule has 0 rings (SSSR count). The normalized spacial score (nSPS) is 10.2. The van der Waals surface area contributed by atoms with Crippen molar-refractivity contribution in [2.45, 2.75) is 6.92 Å².